The Labute approximate surface area is 401 Å². The molecule has 0 saturated carbocycles. The number of hydrogen-bond acceptors (Lipinski definition) is 9. The zero-order valence-electron chi connectivity index (χ0n) is 38.4. The zero-order chi connectivity index (χ0) is 48.1. The molecule has 3 aliphatic rings. The summed E-state index contributed by atoms with van der Waals surface area (Å²) < 4.78 is 35.2. The molecule has 68 heavy (non-hydrogen) atoms. The quantitative estimate of drug-likeness (QED) is 0.0980. The van der Waals surface area contributed by atoms with Crippen LogP contribution in [0.3, 0.4) is 0 Å². The fraction of sp³-hybridized carbons (Fsp3) is 0.388. The number of ether oxygens (including phenoxy) is 3. The molecule has 1 unspecified atom stereocenters. The van der Waals surface area contributed by atoms with Gasteiger partial charge in [0.2, 0.25) is 18.0 Å². The number of nitrogens with one attached hydrogen (secondary N) is 4. The number of benzene rings is 3. The van der Waals surface area contributed by atoms with Crippen molar-refractivity contribution in [2.24, 2.45) is 11.8 Å². The van der Waals surface area contributed by atoms with Crippen molar-refractivity contribution in [2.75, 3.05) is 27.3 Å². The third-order valence-electron chi connectivity index (χ3n) is 13.1. The third-order valence-corrected chi connectivity index (χ3v) is 13.8. The van der Waals surface area contributed by atoms with Crippen LogP contribution in [0.2, 0.25) is 10.0 Å². The minimum atomic E-state index is -0.803. The number of aromatic amines is 2. The van der Waals surface area contributed by atoms with Crippen molar-refractivity contribution >= 4 is 58.1 Å². The first-order valence-electron chi connectivity index (χ1n) is 22.7. The summed E-state index contributed by atoms with van der Waals surface area (Å²) in [6.07, 6.45) is 4.01. The van der Waals surface area contributed by atoms with Crippen LogP contribution in [0, 0.1) is 17.7 Å². The highest BCUT2D eigenvalue weighted by atomic mass is 35.5. The van der Waals surface area contributed by atoms with E-state index in [1.54, 1.807) is 40.4 Å². The van der Waals surface area contributed by atoms with Gasteiger partial charge in [0, 0.05) is 40.2 Å². The van der Waals surface area contributed by atoms with Crippen molar-refractivity contribution in [3.63, 3.8) is 0 Å². The molecule has 2 saturated heterocycles. The summed E-state index contributed by atoms with van der Waals surface area (Å²) in [6, 6.07) is 13.9. The maximum absolute atomic E-state index is 17.0. The van der Waals surface area contributed by atoms with Crippen LogP contribution in [0.25, 0.3) is 44.7 Å². The van der Waals surface area contributed by atoms with E-state index in [4.69, 9.17) is 42.4 Å². The van der Waals surface area contributed by atoms with Crippen LogP contribution in [0.4, 0.5) is 14.0 Å². The largest absolute Gasteiger partial charge is 0.465 e. The molecule has 19 heteroatoms. The average molecular weight is 969 g/mol. The van der Waals surface area contributed by atoms with Gasteiger partial charge < -0.3 is 44.6 Å². The van der Waals surface area contributed by atoms with Crippen LogP contribution in [0.5, 0.6) is 5.75 Å². The van der Waals surface area contributed by atoms with E-state index in [0.717, 1.165) is 18.4 Å². The fourth-order valence-corrected chi connectivity index (χ4v) is 10.3. The number of likely N-dealkylation sites (tertiary alicyclic amines) is 2. The Bertz CT molecular complexity index is 2930. The second-order valence-electron chi connectivity index (χ2n) is 18.1. The van der Waals surface area contributed by atoms with Crippen molar-refractivity contribution in [1.82, 2.24) is 44.9 Å². The van der Waals surface area contributed by atoms with E-state index in [1.165, 1.54) is 20.3 Å². The number of nitrogens with zero attached hydrogens (tertiary/aromatic N) is 5. The van der Waals surface area contributed by atoms with Crippen molar-refractivity contribution in [3.05, 3.63) is 100 Å². The number of imidazole rings is 2. The second-order valence-corrected chi connectivity index (χ2v) is 18.9. The molecule has 4 N–H and O–H groups in total. The Kier molecular flexibility index (Phi) is 12.9. The van der Waals surface area contributed by atoms with Crippen molar-refractivity contribution in [3.8, 4) is 39.5 Å². The number of aromatic nitrogens is 5. The number of carbonyl (C=O) groups excluding carboxylic acids is 4. The van der Waals surface area contributed by atoms with E-state index in [-0.39, 0.29) is 41.0 Å². The molecule has 0 spiro atoms. The number of fused-ring (bicyclic) bond motifs is 5. The van der Waals surface area contributed by atoms with Gasteiger partial charge in [-0.2, -0.15) is 0 Å². The number of halogens is 3. The Morgan fingerprint density at radius 1 is 0.779 bits per heavy atom. The second kappa shape index (κ2) is 18.8. The van der Waals surface area contributed by atoms with Crippen LogP contribution in [0.1, 0.15) is 88.9 Å². The van der Waals surface area contributed by atoms with Gasteiger partial charge in [-0.05, 0) is 73.9 Å². The van der Waals surface area contributed by atoms with E-state index in [9.17, 15) is 19.2 Å². The SMILES string of the molecule is COC(=O)N[C@H](C(=O)N1CCC[C@H]1c1ncc(-c2cc(F)c3c(c2)OC(c2cccc(Cl)c2)n2c-3c(Cl)c3cc(-c4cnc([C@@H]5CCCN5C(=O)[C@@H](NC(=O)OC)C(C)C)[nH]4)ccc32)[nH]1)C(C)C. The summed E-state index contributed by atoms with van der Waals surface area (Å²) in [7, 11) is 2.52. The van der Waals surface area contributed by atoms with Crippen molar-refractivity contribution in [1.29, 1.82) is 0 Å². The molecule has 3 aromatic carbocycles. The van der Waals surface area contributed by atoms with Crippen LogP contribution in [-0.4, -0.2) is 97.7 Å². The average Bonchev–Trinajstić information content (AvgIpc) is 4.19. The number of hydrogen-bond donors (Lipinski definition) is 4. The molecule has 3 aliphatic heterocycles. The maximum atomic E-state index is 17.0. The number of methoxy groups -OCH3 is 2. The monoisotopic (exact) mass is 967 g/mol. The number of H-pyrrole nitrogens is 2. The Balaban J connectivity index is 1.05. The zero-order valence-corrected chi connectivity index (χ0v) is 39.9. The van der Waals surface area contributed by atoms with Crippen LogP contribution < -0.4 is 15.4 Å². The highest BCUT2D eigenvalue weighted by molar-refractivity contribution is 6.39. The number of alkyl carbamates (subject to hydrolysis) is 2. The summed E-state index contributed by atoms with van der Waals surface area (Å²) in [5.41, 5.74) is 4.43. The minimum absolute atomic E-state index is 0.174. The molecule has 16 nitrogen and oxygen atoms in total. The van der Waals surface area contributed by atoms with Gasteiger partial charge in [-0.1, -0.05) is 69.1 Å². The van der Waals surface area contributed by atoms with Gasteiger partial charge in [0.05, 0.1) is 71.9 Å². The maximum Gasteiger partial charge on any atom is 0.407 e. The molecule has 0 radical (unpaired) electrons. The van der Waals surface area contributed by atoms with E-state index in [1.807, 2.05) is 62.6 Å². The van der Waals surface area contributed by atoms with Gasteiger partial charge in [0.1, 0.15) is 35.3 Å². The molecule has 5 atom stereocenters. The van der Waals surface area contributed by atoms with Crippen LogP contribution >= 0.6 is 23.2 Å². The summed E-state index contributed by atoms with van der Waals surface area (Å²) in [6.45, 7) is 8.45. The first-order valence-corrected chi connectivity index (χ1v) is 23.4. The molecule has 6 aromatic rings. The summed E-state index contributed by atoms with van der Waals surface area (Å²) in [5, 5.41) is 6.80. The van der Waals surface area contributed by atoms with Gasteiger partial charge in [-0.15, -0.1) is 0 Å². The summed E-state index contributed by atoms with van der Waals surface area (Å²) in [5.74, 6) is 0.00298. The topological polar surface area (TPSA) is 189 Å². The number of rotatable bonds is 11. The smallest absolute Gasteiger partial charge is 0.407 e. The Morgan fingerprint density at radius 2 is 1.35 bits per heavy atom. The predicted octanol–water partition coefficient (Wildman–Crippen LogP) is 9.56. The highest BCUT2D eigenvalue weighted by Gasteiger charge is 2.40. The van der Waals surface area contributed by atoms with E-state index in [0.29, 0.717) is 86.7 Å². The van der Waals surface area contributed by atoms with E-state index >= 15 is 4.39 Å². The van der Waals surface area contributed by atoms with Gasteiger partial charge in [-0.25, -0.2) is 23.9 Å². The predicted molar refractivity (Wildman–Crippen MR) is 253 cm³/mol. The summed E-state index contributed by atoms with van der Waals surface area (Å²) >= 11 is 13.9. The molecule has 356 valence electrons. The van der Waals surface area contributed by atoms with Crippen molar-refractivity contribution in [2.45, 2.75) is 83.8 Å². The number of amides is 4. The molecular weight excluding hydrogens is 916 g/mol. The highest BCUT2D eigenvalue weighted by Crippen LogP contribution is 2.51. The molecule has 4 amide bonds. The normalized spacial score (nSPS) is 18.6. The van der Waals surface area contributed by atoms with E-state index in [2.05, 4.69) is 25.6 Å². The Morgan fingerprint density at radius 3 is 1.90 bits per heavy atom. The first-order chi connectivity index (χ1) is 32.7. The van der Waals surface area contributed by atoms with Gasteiger partial charge in [0.25, 0.3) is 0 Å². The van der Waals surface area contributed by atoms with Crippen LogP contribution in [0.15, 0.2) is 67.0 Å². The lowest BCUT2D eigenvalue weighted by molar-refractivity contribution is -0.136. The molecule has 0 bridgehead atoms. The lowest BCUT2D eigenvalue weighted by atomic mass is 10.0. The molecule has 0 aliphatic carbocycles. The summed E-state index contributed by atoms with van der Waals surface area (Å²) in [4.78, 5) is 71.5. The molecule has 9 rings (SSSR count). The van der Waals surface area contributed by atoms with Gasteiger partial charge in [0.15, 0.2) is 0 Å². The van der Waals surface area contributed by atoms with Crippen molar-refractivity contribution < 1.29 is 37.8 Å². The lowest BCUT2D eigenvalue weighted by Crippen LogP contribution is -2.51. The standard InChI is InChI=1S/C49H52Cl2FN9O7/c1-24(2)40(57-48(64)66-5)45(62)59-16-8-12-35(59)43-53-22-32(55-43)26-14-15-34-30(19-26)39(51)42-38-31(52)20-28(21-37(38)68-47(61(34)42)27-10-7-11-29(50)18-27)33-23-54-44(56-33)36-13-9-17-60(36)46(63)41(25(3)4)58-49(65)67-6/h7,10-11,14-15,18-25,35-36,40-41,47H,8-9,12-13,16-17H2,1-6H3,(H,53,55)(H,54,56)(H,57,64)(H,58,65)/t35-,36-,40-,41-,47?/m0/s1. The fourth-order valence-electron chi connectivity index (χ4n) is 9.72. The molecule has 2 fully saturated rings. The third kappa shape index (κ3) is 8.50. The van der Waals surface area contributed by atoms with E-state index < -0.39 is 42.4 Å². The molecule has 3 aromatic heterocycles. The molecular formula is C49H52Cl2FN9O7. The van der Waals surface area contributed by atoms with Gasteiger partial charge in [-0.3, -0.25) is 14.2 Å². The first kappa shape index (κ1) is 46.5. The molecule has 6 heterocycles. The van der Waals surface area contributed by atoms with Crippen LogP contribution in [-0.2, 0) is 19.1 Å². The Hall–Kier alpha value is -6.59. The minimum Gasteiger partial charge on any atom is -0.465 e. The van der Waals surface area contributed by atoms with Gasteiger partial charge >= 0.3 is 12.2 Å². The lowest BCUT2D eigenvalue weighted by Gasteiger charge is -2.31. The number of carbonyl (C=O) groups is 4.